The van der Waals surface area contributed by atoms with Gasteiger partial charge in [0.05, 0.1) is 24.9 Å². The molecule has 0 fully saturated rings. The van der Waals surface area contributed by atoms with Crippen molar-refractivity contribution >= 4 is 17.5 Å². The highest BCUT2D eigenvalue weighted by Gasteiger charge is 2.12. The van der Waals surface area contributed by atoms with Crippen molar-refractivity contribution in [1.29, 1.82) is 0 Å². The number of nitrogens with one attached hydrogen (secondary N) is 3. The Morgan fingerprint density at radius 2 is 1.66 bits per heavy atom. The number of benzene rings is 2. The van der Waals surface area contributed by atoms with Crippen LogP contribution in [0.5, 0.6) is 0 Å². The Morgan fingerprint density at radius 3 is 2.45 bits per heavy atom. The lowest BCUT2D eigenvalue weighted by Crippen LogP contribution is -2.31. The molecule has 0 spiro atoms. The van der Waals surface area contributed by atoms with Gasteiger partial charge >= 0.3 is 0 Å². The van der Waals surface area contributed by atoms with E-state index in [0.717, 1.165) is 12.8 Å². The third kappa shape index (κ3) is 6.53. The maximum Gasteiger partial charge on any atom is 0.253 e. The summed E-state index contributed by atoms with van der Waals surface area (Å²) in [7, 11) is 0. The van der Waals surface area contributed by atoms with Crippen LogP contribution in [0.15, 0.2) is 77.4 Å². The number of aryl methyl sites for hydroxylation is 1. The van der Waals surface area contributed by atoms with Crippen LogP contribution in [-0.2, 0) is 17.8 Å². The van der Waals surface area contributed by atoms with Gasteiger partial charge in [-0.3, -0.25) is 9.59 Å². The number of carbonyl (C=O) groups is 2. The zero-order valence-corrected chi connectivity index (χ0v) is 16.2. The zero-order valence-electron chi connectivity index (χ0n) is 16.2. The van der Waals surface area contributed by atoms with Crippen LogP contribution in [0, 0.1) is 0 Å². The highest BCUT2D eigenvalue weighted by atomic mass is 16.3. The Bertz CT molecular complexity index is 908. The van der Waals surface area contributed by atoms with E-state index < -0.39 is 0 Å². The summed E-state index contributed by atoms with van der Waals surface area (Å²) < 4.78 is 5.22. The molecule has 150 valence electrons. The molecule has 0 aliphatic rings. The Morgan fingerprint density at radius 1 is 0.862 bits per heavy atom. The molecule has 6 nitrogen and oxygen atoms in total. The monoisotopic (exact) mass is 391 g/mol. The van der Waals surface area contributed by atoms with Gasteiger partial charge < -0.3 is 20.4 Å². The van der Waals surface area contributed by atoms with Crippen molar-refractivity contribution in [2.24, 2.45) is 0 Å². The van der Waals surface area contributed by atoms with Crippen LogP contribution in [0.1, 0.15) is 28.1 Å². The second-order valence-electron chi connectivity index (χ2n) is 6.60. The molecule has 0 saturated carbocycles. The summed E-state index contributed by atoms with van der Waals surface area (Å²) in [6.07, 6.45) is 3.37. The minimum absolute atomic E-state index is 0.105. The first-order valence-electron chi connectivity index (χ1n) is 9.66. The summed E-state index contributed by atoms with van der Waals surface area (Å²) in [5.74, 6) is 0.343. The summed E-state index contributed by atoms with van der Waals surface area (Å²) >= 11 is 0. The van der Waals surface area contributed by atoms with Crippen molar-refractivity contribution in [2.75, 3.05) is 18.4 Å². The summed E-state index contributed by atoms with van der Waals surface area (Å²) in [5, 5.41) is 8.76. The van der Waals surface area contributed by atoms with E-state index in [1.807, 2.05) is 24.3 Å². The van der Waals surface area contributed by atoms with Crippen LogP contribution >= 0.6 is 0 Å². The molecule has 3 aromatic rings. The van der Waals surface area contributed by atoms with E-state index in [1.54, 1.807) is 36.6 Å². The van der Waals surface area contributed by atoms with Gasteiger partial charge in [-0.15, -0.1) is 0 Å². The predicted molar refractivity (Wildman–Crippen MR) is 113 cm³/mol. The van der Waals surface area contributed by atoms with Crippen LogP contribution in [0.2, 0.25) is 0 Å². The highest BCUT2D eigenvalue weighted by Crippen LogP contribution is 2.15. The second-order valence-corrected chi connectivity index (χ2v) is 6.60. The lowest BCUT2D eigenvalue weighted by molar-refractivity contribution is -0.119. The van der Waals surface area contributed by atoms with Crippen molar-refractivity contribution in [3.05, 3.63) is 89.9 Å². The summed E-state index contributed by atoms with van der Waals surface area (Å²) in [6.45, 7) is 1.02. The molecular formula is C23H25N3O3. The Kier molecular flexibility index (Phi) is 7.46. The van der Waals surface area contributed by atoms with Gasteiger partial charge in [-0.1, -0.05) is 42.5 Å². The number of furan rings is 1. The summed E-state index contributed by atoms with van der Waals surface area (Å²) in [4.78, 5) is 24.6. The summed E-state index contributed by atoms with van der Waals surface area (Å²) in [6, 6.07) is 20.9. The van der Waals surface area contributed by atoms with E-state index >= 15 is 0 Å². The van der Waals surface area contributed by atoms with Crippen LogP contribution in [-0.4, -0.2) is 24.9 Å². The fraction of sp³-hybridized carbons (Fsp3) is 0.217. The van der Waals surface area contributed by atoms with Gasteiger partial charge in [-0.05, 0) is 42.7 Å². The number of amides is 2. The molecule has 0 aliphatic heterocycles. The molecule has 0 bridgehead atoms. The summed E-state index contributed by atoms with van der Waals surface area (Å²) in [5.41, 5.74) is 2.36. The third-order valence-corrected chi connectivity index (χ3v) is 4.42. The molecule has 0 aliphatic carbocycles. The van der Waals surface area contributed by atoms with E-state index in [2.05, 4.69) is 28.1 Å². The normalized spacial score (nSPS) is 10.3. The lowest BCUT2D eigenvalue weighted by atomic mass is 10.1. The van der Waals surface area contributed by atoms with Crippen LogP contribution in [0.3, 0.4) is 0 Å². The van der Waals surface area contributed by atoms with Gasteiger partial charge in [0.25, 0.3) is 5.91 Å². The van der Waals surface area contributed by atoms with Gasteiger partial charge in [0.1, 0.15) is 5.76 Å². The minimum Gasteiger partial charge on any atom is -0.467 e. The van der Waals surface area contributed by atoms with Gasteiger partial charge in [-0.25, -0.2) is 0 Å². The molecule has 2 amide bonds. The number of hydrogen-bond donors (Lipinski definition) is 3. The first-order chi connectivity index (χ1) is 14.2. The molecule has 1 aromatic heterocycles. The van der Waals surface area contributed by atoms with E-state index in [1.165, 1.54) is 5.56 Å². The molecular weight excluding hydrogens is 366 g/mol. The van der Waals surface area contributed by atoms with Crippen LogP contribution in [0.4, 0.5) is 5.69 Å². The minimum atomic E-state index is -0.229. The molecule has 0 radical (unpaired) electrons. The maximum absolute atomic E-state index is 12.5. The van der Waals surface area contributed by atoms with E-state index in [-0.39, 0.29) is 18.4 Å². The molecule has 0 saturated heterocycles. The Hall–Kier alpha value is -3.54. The first kappa shape index (κ1) is 20.2. The van der Waals surface area contributed by atoms with Crippen molar-refractivity contribution in [3.63, 3.8) is 0 Å². The van der Waals surface area contributed by atoms with Crippen LogP contribution < -0.4 is 16.0 Å². The number of rotatable bonds is 10. The van der Waals surface area contributed by atoms with Gasteiger partial charge in [0, 0.05) is 12.2 Å². The number of carbonyl (C=O) groups excluding carboxylic acids is 2. The molecule has 6 heteroatoms. The second kappa shape index (κ2) is 10.7. The zero-order chi connectivity index (χ0) is 20.3. The Labute approximate surface area is 170 Å². The molecule has 2 aromatic carbocycles. The lowest BCUT2D eigenvalue weighted by Gasteiger charge is -2.12. The largest absolute Gasteiger partial charge is 0.467 e. The molecule has 0 atom stereocenters. The topological polar surface area (TPSA) is 83.4 Å². The average molecular weight is 391 g/mol. The standard InChI is InChI=1S/C23H25N3O3/c27-22(24-14-6-10-18-8-2-1-3-9-18)17-25-21-13-5-4-12-20(21)23(28)26-16-19-11-7-15-29-19/h1-5,7-9,11-13,15,25H,6,10,14,16-17H2,(H,24,27)(H,26,28). The van der Waals surface area contributed by atoms with Gasteiger partial charge in [0.2, 0.25) is 5.91 Å². The number of hydrogen-bond acceptors (Lipinski definition) is 4. The number of para-hydroxylation sites is 1. The molecule has 29 heavy (non-hydrogen) atoms. The Balaban J connectivity index is 1.42. The van der Waals surface area contributed by atoms with Crippen molar-refractivity contribution < 1.29 is 14.0 Å². The van der Waals surface area contributed by atoms with Gasteiger partial charge in [-0.2, -0.15) is 0 Å². The molecule has 3 N–H and O–H groups in total. The van der Waals surface area contributed by atoms with Crippen molar-refractivity contribution in [2.45, 2.75) is 19.4 Å². The van der Waals surface area contributed by atoms with Crippen molar-refractivity contribution in [1.82, 2.24) is 10.6 Å². The smallest absolute Gasteiger partial charge is 0.253 e. The fourth-order valence-corrected chi connectivity index (χ4v) is 2.91. The quantitative estimate of drug-likeness (QED) is 0.463. The van der Waals surface area contributed by atoms with Crippen LogP contribution in [0.25, 0.3) is 0 Å². The van der Waals surface area contributed by atoms with E-state index in [4.69, 9.17) is 4.42 Å². The highest BCUT2D eigenvalue weighted by molar-refractivity contribution is 6.00. The average Bonchev–Trinajstić information content (AvgIpc) is 3.28. The SMILES string of the molecule is O=C(CNc1ccccc1C(=O)NCc1ccco1)NCCCc1ccccc1. The third-order valence-electron chi connectivity index (χ3n) is 4.42. The first-order valence-corrected chi connectivity index (χ1v) is 9.66. The predicted octanol–water partition coefficient (Wildman–Crippen LogP) is 3.37. The number of anilines is 1. The molecule has 3 rings (SSSR count). The van der Waals surface area contributed by atoms with E-state index in [9.17, 15) is 9.59 Å². The molecule has 0 unspecified atom stereocenters. The maximum atomic E-state index is 12.5. The van der Waals surface area contributed by atoms with E-state index in [0.29, 0.717) is 30.1 Å². The van der Waals surface area contributed by atoms with Gasteiger partial charge in [0.15, 0.2) is 0 Å². The van der Waals surface area contributed by atoms with Crippen molar-refractivity contribution in [3.8, 4) is 0 Å². The molecule has 1 heterocycles. The fourth-order valence-electron chi connectivity index (χ4n) is 2.91.